The number of ether oxygens (including phenoxy) is 2. The Bertz CT molecular complexity index is 829. The summed E-state index contributed by atoms with van der Waals surface area (Å²) in [4.78, 5) is 24.3. The van der Waals surface area contributed by atoms with Gasteiger partial charge in [0.1, 0.15) is 11.5 Å². The van der Waals surface area contributed by atoms with Crippen molar-refractivity contribution in [1.29, 1.82) is 0 Å². The zero-order valence-corrected chi connectivity index (χ0v) is 17.2. The molecule has 150 valence electrons. The van der Waals surface area contributed by atoms with Crippen LogP contribution in [-0.2, 0) is 4.79 Å². The predicted octanol–water partition coefficient (Wildman–Crippen LogP) is 3.83. The molecule has 0 saturated heterocycles. The van der Waals surface area contributed by atoms with Gasteiger partial charge in [-0.3, -0.25) is 20.4 Å². The molecule has 0 radical (unpaired) electrons. The second-order valence-corrected chi connectivity index (χ2v) is 7.24. The second kappa shape index (κ2) is 9.99. The summed E-state index contributed by atoms with van der Waals surface area (Å²) in [5, 5.41) is 0.669. The Labute approximate surface area is 170 Å². The summed E-state index contributed by atoms with van der Waals surface area (Å²) in [7, 11) is 0. The molecule has 0 heterocycles. The van der Waals surface area contributed by atoms with Crippen LogP contribution in [0.1, 0.15) is 35.3 Å². The molecule has 0 spiro atoms. The van der Waals surface area contributed by atoms with E-state index in [0.29, 0.717) is 34.6 Å². The van der Waals surface area contributed by atoms with E-state index in [4.69, 9.17) is 21.1 Å². The van der Waals surface area contributed by atoms with Gasteiger partial charge in [-0.15, -0.1) is 0 Å². The molecular formula is C21H25ClN2O4. The van der Waals surface area contributed by atoms with Gasteiger partial charge in [-0.05, 0) is 55.2 Å². The van der Waals surface area contributed by atoms with Crippen LogP contribution < -0.4 is 20.3 Å². The Hall–Kier alpha value is -2.73. The number of aryl methyl sites for hydroxylation is 2. The lowest BCUT2D eigenvalue weighted by molar-refractivity contribution is -0.123. The van der Waals surface area contributed by atoms with Crippen molar-refractivity contribution in [2.45, 2.75) is 27.7 Å². The number of carbonyl (C=O) groups excluding carboxylic acids is 2. The van der Waals surface area contributed by atoms with Crippen LogP contribution in [0, 0.1) is 19.8 Å². The van der Waals surface area contributed by atoms with Crippen LogP contribution in [0.15, 0.2) is 36.4 Å². The van der Waals surface area contributed by atoms with Crippen LogP contribution in [0.5, 0.6) is 11.5 Å². The number of hydrazine groups is 1. The lowest BCUT2D eigenvalue weighted by atomic mass is 10.1. The summed E-state index contributed by atoms with van der Waals surface area (Å²) in [6.07, 6.45) is 0. The molecule has 2 amide bonds. The average Bonchev–Trinajstić information content (AvgIpc) is 2.67. The van der Waals surface area contributed by atoms with Gasteiger partial charge >= 0.3 is 0 Å². The zero-order chi connectivity index (χ0) is 20.7. The number of hydrogen-bond acceptors (Lipinski definition) is 4. The molecule has 0 aliphatic carbocycles. The number of rotatable bonds is 7. The first-order chi connectivity index (χ1) is 13.3. The lowest BCUT2D eigenvalue weighted by Crippen LogP contribution is -2.44. The van der Waals surface area contributed by atoms with E-state index in [9.17, 15) is 9.59 Å². The number of carbonyl (C=O) groups is 2. The SMILES string of the molecule is Cc1cc(OCC(=O)NNC(=O)c2ccccc2OCC(C)C)cc(C)c1Cl. The molecule has 0 aliphatic rings. The van der Waals surface area contributed by atoms with Gasteiger partial charge in [0, 0.05) is 5.02 Å². The van der Waals surface area contributed by atoms with E-state index in [2.05, 4.69) is 10.9 Å². The molecule has 2 aromatic carbocycles. The number of hydrogen-bond donors (Lipinski definition) is 2. The van der Waals surface area contributed by atoms with Crippen LogP contribution in [0.4, 0.5) is 0 Å². The van der Waals surface area contributed by atoms with Crippen LogP contribution >= 0.6 is 11.6 Å². The third kappa shape index (κ3) is 6.16. The van der Waals surface area contributed by atoms with Crippen LogP contribution in [-0.4, -0.2) is 25.0 Å². The van der Waals surface area contributed by atoms with Crippen LogP contribution in [0.25, 0.3) is 0 Å². The Kier molecular flexibility index (Phi) is 7.70. The maximum atomic E-state index is 12.4. The largest absolute Gasteiger partial charge is 0.492 e. The first-order valence-electron chi connectivity index (χ1n) is 8.98. The third-order valence-corrected chi connectivity index (χ3v) is 4.40. The predicted molar refractivity (Wildman–Crippen MR) is 109 cm³/mol. The van der Waals surface area contributed by atoms with Gasteiger partial charge in [0.25, 0.3) is 11.8 Å². The third-order valence-electron chi connectivity index (χ3n) is 3.80. The molecule has 0 bridgehead atoms. The maximum absolute atomic E-state index is 12.4. The number of nitrogens with one attached hydrogen (secondary N) is 2. The van der Waals surface area contributed by atoms with Crippen molar-refractivity contribution < 1.29 is 19.1 Å². The molecule has 28 heavy (non-hydrogen) atoms. The fourth-order valence-electron chi connectivity index (χ4n) is 2.40. The lowest BCUT2D eigenvalue weighted by Gasteiger charge is -2.14. The minimum Gasteiger partial charge on any atom is -0.492 e. The summed E-state index contributed by atoms with van der Waals surface area (Å²) >= 11 is 6.11. The van der Waals surface area contributed by atoms with E-state index in [1.54, 1.807) is 36.4 Å². The molecule has 0 fully saturated rings. The van der Waals surface area contributed by atoms with Gasteiger partial charge in [-0.1, -0.05) is 37.6 Å². The van der Waals surface area contributed by atoms with E-state index in [-0.39, 0.29) is 6.61 Å². The van der Waals surface area contributed by atoms with Crippen molar-refractivity contribution in [2.24, 2.45) is 5.92 Å². The molecule has 7 heteroatoms. The van der Waals surface area contributed by atoms with Gasteiger partial charge in [-0.2, -0.15) is 0 Å². The highest BCUT2D eigenvalue weighted by Gasteiger charge is 2.14. The second-order valence-electron chi connectivity index (χ2n) is 6.86. The molecule has 0 aliphatic heterocycles. The molecule has 0 saturated carbocycles. The molecule has 0 atom stereocenters. The first-order valence-corrected chi connectivity index (χ1v) is 9.36. The van der Waals surface area contributed by atoms with Gasteiger partial charge in [0.2, 0.25) is 0 Å². The molecule has 2 N–H and O–H groups in total. The normalized spacial score (nSPS) is 10.5. The number of amides is 2. The zero-order valence-electron chi connectivity index (χ0n) is 16.5. The highest BCUT2D eigenvalue weighted by Crippen LogP contribution is 2.25. The van der Waals surface area contributed by atoms with Crippen molar-refractivity contribution in [1.82, 2.24) is 10.9 Å². The van der Waals surface area contributed by atoms with Crippen molar-refractivity contribution in [3.8, 4) is 11.5 Å². The van der Waals surface area contributed by atoms with Crippen LogP contribution in [0.3, 0.4) is 0 Å². The standard InChI is InChI=1S/C21H25ClN2O4/c1-13(2)11-28-18-8-6-5-7-17(18)21(26)24-23-19(25)12-27-16-9-14(3)20(22)15(4)10-16/h5-10,13H,11-12H2,1-4H3,(H,23,25)(H,24,26). The van der Waals surface area contributed by atoms with Gasteiger partial charge < -0.3 is 9.47 Å². The molecule has 2 rings (SSSR count). The average molecular weight is 405 g/mol. The Morgan fingerprint density at radius 1 is 1.04 bits per heavy atom. The molecule has 6 nitrogen and oxygen atoms in total. The van der Waals surface area contributed by atoms with E-state index in [1.807, 2.05) is 27.7 Å². The molecule has 0 unspecified atom stereocenters. The summed E-state index contributed by atoms with van der Waals surface area (Å²) < 4.78 is 11.1. The number of benzene rings is 2. The Morgan fingerprint density at radius 2 is 1.68 bits per heavy atom. The molecular weight excluding hydrogens is 380 g/mol. The summed E-state index contributed by atoms with van der Waals surface area (Å²) in [6.45, 7) is 8.01. The van der Waals surface area contributed by atoms with E-state index in [0.717, 1.165) is 11.1 Å². The van der Waals surface area contributed by atoms with Crippen molar-refractivity contribution in [2.75, 3.05) is 13.2 Å². The van der Waals surface area contributed by atoms with Gasteiger partial charge in [0.15, 0.2) is 6.61 Å². The van der Waals surface area contributed by atoms with E-state index in [1.165, 1.54) is 0 Å². The van der Waals surface area contributed by atoms with Crippen molar-refractivity contribution in [3.63, 3.8) is 0 Å². The van der Waals surface area contributed by atoms with Crippen molar-refractivity contribution >= 4 is 23.4 Å². The fraction of sp³-hybridized carbons (Fsp3) is 0.333. The first kappa shape index (κ1) is 21.6. The van der Waals surface area contributed by atoms with E-state index >= 15 is 0 Å². The Balaban J connectivity index is 1.88. The molecule has 0 aromatic heterocycles. The topological polar surface area (TPSA) is 76.7 Å². The minimum absolute atomic E-state index is 0.244. The smallest absolute Gasteiger partial charge is 0.276 e. The highest BCUT2D eigenvalue weighted by molar-refractivity contribution is 6.32. The summed E-state index contributed by atoms with van der Waals surface area (Å²) in [6, 6.07) is 10.4. The fourth-order valence-corrected chi connectivity index (χ4v) is 2.51. The quantitative estimate of drug-likeness (QED) is 0.687. The molecule has 2 aromatic rings. The summed E-state index contributed by atoms with van der Waals surface area (Å²) in [5.74, 6) is 0.373. The van der Waals surface area contributed by atoms with E-state index < -0.39 is 11.8 Å². The van der Waals surface area contributed by atoms with Gasteiger partial charge in [0.05, 0.1) is 12.2 Å². The van der Waals surface area contributed by atoms with Gasteiger partial charge in [-0.25, -0.2) is 0 Å². The monoisotopic (exact) mass is 404 g/mol. The number of halogens is 1. The van der Waals surface area contributed by atoms with Crippen molar-refractivity contribution in [3.05, 3.63) is 58.1 Å². The minimum atomic E-state index is -0.487. The maximum Gasteiger partial charge on any atom is 0.276 e. The Morgan fingerprint density at radius 3 is 2.32 bits per heavy atom. The summed E-state index contributed by atoms with van der Waals surface area (Å²) in [5.41, 5.74) is 6.78. The highest BCUT2D eigenvalue weighted by atomic mass is 35.5. The number of para-hydroxylation sites is 1. The van der Waals surface area contributed by atoms with Crippen LogP contribution in [0.2, 0.25) is 5.02 Å².